The Kier molecular flexibility index (Phi) is 3.06. The van der Waals surface area contributed by atoms with Crippen molar-refractivity contribution in [3.05, 3.63) is 58.5 Å². The van der Waals surface area contributed by atoms with Crippen LogP contribution in [0.4, 0.5) is 0 Å². The van der Waals surface area contributed by atoms with Crippen LogP contribution in [0.25, 0.3) is 11.0 Å². The highest BCUT2D eigenvalue weighted by atomic mass is 16.5. The Balaban J connectivity index is 2.18. The Hall–Kier alpha value is -2.89. The van der Waals surface area contributed by atoms with Crippen LogP contribution in [0.15, 0.2) is 45.9 Å². The molecule has 0 bridgehead atoms. The summed E-state index contributed by atoms with van der Waals surface area (Å²) < 4.78 is 11.6. The zero-order valence-corrected chi connectivity index (χ0v) is 11.5. The number of benzene rings is 1. The molecule has 0 atom stereocenters. The fraction of sp³-hybridized carbons (Fsp3) is 0.133. The zero-order chi connectivity index (χ0) is 15.0. The van der Waals surface area contributed by atoms with Crippen molar-refractivity contribution in [2.24, 2.45) is 0 Å². The van der Waals surface area contributed by atoms with Gasteiger partial charge in [0.05, 0.1) is 7.11 Å². The average molecular weight is 284 g/mol. The lowest BCUT2D eigenvalue weighted by molar-refractivity contribution is 0.0954. The minimum Gasteiger partial charge on any atom is -0.497 e. The molecule has 0 N–H and O–H groups in total. The molecule has 0 fully saturated rings. The van der Waals surface area contributed by atoms with Crippen LogP contribution in [0, 0.1) is 6.92 Å². The van der Waals surface area contributed by atoms with Crippen molar-refractivity contribution in [3.8, 4) is 5.75 Å². The highest BCUT2D eigenvalue weighted by Gasteiger charge is 2.17. The highest BCUT2D eigenvalue weighted by molar-refractivity contribution is 5.98. The Morgan fingerprint density at radius 3 is 2.81 bits per heavy atom. The SMILES string of the molecule is COc1ccc2oc(=O)c(C(=O)n3ccnc3C)cc2c1. The van der Waals surface area contributed by atoms with E-state index in [1.807, 2.05) is 0 Å². The van der Waals surface area contributed by atoms with Crippen molar-refractivity contribution < 1.29 is 13.9 Å². The van der Waals surface area contributed by atoms with Gasteiger partial charge in [-0.15, -0.1) is 0 Å². The summed E-state index contributed by atoms with van der Waals surface area (Å²) >= 11 is 0. The fourth-order valence-corrected chi connectivity index (χ4v) is 2.10. The number of fused-ring (bicyclic) bond motifs is 1. The molecule has 6 nitrogen and oxygen atoms in total. The molecular formula is C15H12N2O4. The maximum Gasteiger partial charge on any atom is 0.349 e. The second-order valence-electron chi connectivity index (χ2n) is 4.50. The van der Waals surface area contributed by atoms with Crippen molar-refractivity contribution in [1.82, 2.24) is 9.55 Å². The molecule has 0 saturated heterocycles. The molecule has 0 aliphatic heterocycles. The quantitative estimate of drug-likeness (QED) is 0.673. The second kappa shape index (κ2) is 4.90. The van der Waals surface area contributed by atoms with Crippen LogP contribution in [0.3, 0.4) is 0 Å². The number of ether oxygens (including phenoxy) is 1. The van der Waals surface area contributed by atoms with E-state index < -0.39 is 11.5 Å². The topological polar surface area (TPSA) is 74.3 Å². The number of imidazole rings is 1. The summed E-state index contributed by atoms with van der Waals surface area (Å²) in [6.07, 6.45) is 3.01. The van der Waals surface area contributed by atoms with Crippen LogP contribution in [0.1, 0.15) is 16.2 Å². The van der Waals surface area contributed by atoms with Gasteiger partial charge in [-0.25, -0.2) is 9.78 Å². The Morgan fingerprint density at radius 2 is 2.14 bits per heavy atom. The minimum absolute atomic E-state index is 0.0446. The summed E-state index contributed by atoms with van der Waals surface area (Å²) in [4.78, 5) is 28.3. The summed E-state index contributed by atoms with van der Waals surface area (Å²) in [5, 5.41) is 0.620. The number of hydrogen-bond donors (Lipinski definition) is 0. The normalized spacial score (nSPS) is 10.8. The first-order valence-electron chi connectivity index (χ1n) is 6.26. The van der Waals surface area contributed by atoms with Crippen LogP contribution < -0.4 is 10.4 Å². The molecule has 0 amide bonds. The smallest absolute Gasteiger partial charge is 0.349 e. The summed E-state index contributed by atoms with van der Waals surface area (Å²) in [5.41, 5.74) is -0.317. The average Bonchev–Trinajstić information content (AvgIpc) is 2.91. The van der Waals surface area contributed by atoms with Gasteiger partial charge in [-0.05, 0) is 31.2 Å². The van der Waals surface area contributed by atoms with Gasteiger partial charge < -0.3 is 9.15 Å². The van der Waals surface area contributed by atoms with Gasteiger partial charge in [-0.3, -0.25) is 9.36 Å². The zero-order valence-electron chi connectivity index (χ0n) is 11.5. The monoisotopic (exact) mass is 284 g/mol. The highest BCUT2D eigenvalue weighted by Crippen LogP contribution is 2.20. The molecule has 3 rings (SSSR count). The first kappa shape index (κ1) is 13.1. The molecule has 0 saturated carbocycles. The number of hydrogen-bond acceptors (Lipinski definition) is 5. The molecule has 2 heterocycles. The van der Waals surface area contributed by atoms with E-state index in [-0.39, 0.29) is 5.56 Å². The van der Waals surface area contributed by atoms with Crippen molar-refractivity contribution in [1.29, 1.82) is 0 Å². The molecule has 6 heteroatoms. The number of aromatic nitrogens is 2. The van der Waals surface area contributed by atoms with Crippen LogP contribution in [-0.4, -0.2) is 22.6 Å². The van der Waals surface area contributed by atoms with Gasteiger partial charge in [0.1, 0.15) is 22.7 Å². The van der Waals surface area contributed by atoms with E-state index in [0.29, 0.717) is 22.5 Å². The molecule has 3 aromatic rings. The molecule has 106 valence electrons. The van der Waals surface area contributed by atoms with E-state index in [4.69, 9.17) is 9.15 Å². The summed E-state index contributed by atoms with van der Waals surface area (Å²) in [6.45, 7) is 1.68. The van der Waals surface area contributed by atoms with Gasteiger partial charge in [0.15, 0.2) is 0 Å². The van der Waals surface area contributed by atoms with Crippen LogP contribution in [0.5, 0.6) is 5.75 Å². The summed E-state index contributed by atoms with van der Waals surface area (Å²) in [6, 6.07) is 6.53. The predicted octanol–water partition coefficient (Wildman–Crippen LogP) is 2.00. The van der Waals surface area contributed by atoms with E-state index in [2.05, 4.69) is 4.98 Å². The van der Waals surface area contributed by atoms with Gasteiger partial charge in [0.25, 0.3) is 5.91 Å². The molecule has 0 unspecified atom stereocenters. The number of carbonyl (C=O) groups excluding carboxylic acids is 1. The van der Waals surface area contributed by atoms with E-state index >= 15 is 0 Å². The van der Waals surface area contributed by atoms with Gasteiger partial charge in [-0.2, -0.15) is 0 Å². The van der Waals surface area contributed by atoms with Crippen molar-refractivity contribution in [2.45, 2.75) is 6.92 Å². The summed E-state index contributed by atoms with van der Waals surface area (Å²) in [5.74, 6) is 0.655. The van der Waals surface area contributed by atoms with Crippen LogP contribution >= 0.6 is 0 Å². The molecule has 21 heavy (non-hydrogen) atoms. The number of methoxy groups -OCH3 is 1. The van der Waals surface area contributed by atoms with E-state index in [9.17, 15) is 9.59 Å². The lowest BCUT2D eigenvalue weighted by Gasteiger charge is -2.05. The van der Waals surface area contributed by atoms with Crippen LogP contribution in [0.2, 0.25) is 0 Å². The maximum absolute atomic E-state index is 12.4. The Labute approximate surface area is 119 Å². The Morgan fingerprint density at radius 1 is 1.33 bits per heavy atom. The summed E-state index contributed by atoms with van der Waals surface area (Å²) in [7, 11) is 1.54. The van der Waals surface area contributed by atoms with Gasteiger partial charge in [0.2, 0.25) is 0 Å². The molecular weight excluding hydrogens is 272 g/mol. The maximum atomic E-state index is 12.4. The van der Waals surface area contributed by atoms with Crippen molar-refractivity contribution in [3.63, 3.8) is 0 Å². The van der Waals surface area contributed by atoms with Crippen molar-refractivity contribution >= 4 is 16.9 Å². The first-order chi connectivity index (χ1) is 10.1. The van der Waals surface area contributed by atoms with Gasteiger partial charge in [0, 0.05) is 17.8 Å². The standard InChI is InChI=1S/C15H12N2O4/c1-9-16-5-6-17(9)14(18)12-8-10-7-11(20-2)3-4-13(10)21-15(12)19/h3-8H,1-2H3. The Bertz CT molecular complexity index is 892. The number of nitrogens with zero attached hydrogens (tertiary/aromatic N) is 2. The molecule has 0 radical (unpaired) electrons. The third kappa shape index (κ3) is 2.20. The molecule has 0 aliphatic carbocycles. The molecule has 0 spiro atoms. The fourth-order valence-electron chi connectivity index (χ4n) is 2.10. The lowest BCUT2D eigenvalue weighted by Crippen LogP contribution is -2.20. The lowest BCUT2D eigenvalue weighted by atomic mass is 10.1. The number of carbonyl (C=O) groups is 1. The van der Waals surface area contributed by atoms with E-state index in [1.165, 1.54) is 23.0 Å². The number of aryl methyl sites for hydroxylation is 1. The van der Waals surface area contributed by atoms with Crippen LogP contribution in [-0.2, 0) is 0 Å². The number of rotatable bonds is 2. The largest absolute Gasteiger partial charge is 0.497 e. The third-order valence-electron chi connectivity index (χ3n) is 3.21. The molecule has 1 aromatic carbocycles. The van der Waals surface area contributed by atoms with E-state index in [0.717, 1.165) is 0 Å². The van der Waals surface area contributed by atoms with E-state index in [1.54, 1.807) is 32.2 Å². The second-order valence-corrected chi connectivity index (χ2v) is 4.50. The molecule has 2 aromatic heterocycles. The minimum atomic E-state index is -0.675. The van der Waals surface area contributed by atoms with Gasteiger partial charge >= 0.3 is 5.63 Å². The molecule has 0 aliphatic rings. The van der Waals surface area contributed by atoms with Crippen molar-refractivity contribution in [2.75, 3.05) is 7.11 Å². The first-order valence-corrected chi connectivity index (χ1v) is 6.26. The van der Waals surface area contributed by atoms with Gasteiger partial charge in [-0.1, -0.05) is 0 Å². The third-order valence-corrected chi connectivity index (χ3v) is 3.21. The predicted molar refractivity (Wildman–Crippen MR) is 75.7 cm³/mol.